The lowest BCUT2D eigenvalue weighted by Crippen LogP contribution is -2.02. The highest BCUT2D eigenvalue weighted by Gasteiger charge is 2.10. The van der Waals surface area contributed by atoms with E-state index in [4.69, 9.17) is 17.3 Å². The van der Waals surface area contributed by atoms with Gasteiger partial charge in [0.25, 0.3) is 0 Å². The van der Waals surface area contributed by atoms with Crippen LogP contribution in [0.15, 0.2) is 30.3 Å². The highest BCUT2D eigenvalue weighted by molar-refractivity contribution is 6.35. The summed E-state index contributed by atoms with van der Waals surface area (Å²) in [7, 11) is 1.74. The Bertz CT molecular complexity index is 499. The van der Waals surface area contributed by atoms with E-state index in [0.29, 0.717) is 16.7 Å². The number of hydrogen-bond acceptors (Lipinski definition) is 4. The van der Waals surface area contributed by atoms with Crippen molar-refractivity contribution in [2.75, 3.05) is 18.1 Å². The van der Waals surface area contributed by atoms with E-state index in [1.165, 1.54) is 0 Å². The molecule has 0 aliphatic heterocycles. The van der Waals surface area contributed by atoms with Crippen molar-refractivity contribution < 1.29 is 0 Å². The molecule has 0 radical (unpaired) electrons. The Kier molecular flexibility index (Phi) is 2.92. The van der Waals surface area contributed by atoms with Crippen molar-refractivity contribution in [3.8, 4) is 11.4 Å². The Morgan fingerprint density at radius 1 is 1.19 bits per heavy atom. The van der Waals surface area contributed by atoms with Gasteiger partial charge in [0, 0.05) is 12.6 Å². The van der Waals surface area contributed by atoms with Crippen LogP contribution in [0.2, 0.25) is 5.02 Å². The summed E-state index contributed by atoms with van der Waals surface area (Å²) in [5.41, 5.74) is 6.62. The number of halogens is 1. The lowest BCUT2D eigenvalue weighted by molar-refractivity contribution is 1.17. The van der Waals surface area contributed by atoms with Crippen LogP contribution in [-0.2, 0) is 0 Å². The molecule has 1 aromatic heterocycles. The van der Waals surface area contributed by atoms with E-state index in [1.54, 1.807) is 7.05 Å². The number of nitrogen functional groups attached to an aromatic ring is 1. The third-order valence-electron chi connectivity index (χ3n) is 2.15. The maximum atomic E-state index is 5.94. The lowest BCUT2D eigenvalue weighted by atomic mass is 10.2. The van der Waals surface area contributed by atoms with E-state index >= 15 is 0 Å². The summed E-state index contributed by atoms with van der Waals surface area (Å²) in [5.74, 6) is 1.37. The van der Waals surface area contributed by atoms with Crippen molar-refractivity contribution >= 4 is 23.2 Å². The molecule has 0 aliphatic rings. The minimum absolute atomic E-state index is 0.278. The fraction of sp³-hybridized carbons (Fsp3) is 0.0909. The molecular weight excluding hydrogens is 224 g/mol. The van der Waals surface area contributed by atoms with Crippen molar-refractivity contribution in [1.82, 2.24) is 9.97 Å². The molecule has 1 aromatic carbocycles. The largest absolute Gasteiger partial charge is 0.382 e. The number of hydrogen-bond donors (Lipinski definition) is 2. The van der Waals surface area contributed by atoms with Crippen LogP contribution in [0.1, 0.15) is 0 Å². The topological polar surface area (TPSA) is 63.8 Å². The number of rotatable bonds is 2. The number of anilines is 2. The van der Waals surface area contributed by atoms with Crippen LogP contribution in [0.4, 0.5) is 11.6 Å². The molecule has 5 heteroatoms. The number of aromatic nitrogens is 2. The van der Waals surface area contributed by atoms with Gasteiger partial charge in [-0.1, -0.05) is 41.9 Å². The average Bonchev–Trinajstić information content (AvgIpc) is 2.33. The molecule has 1 heterocycles. The van der Waals surface area contributed by atoms with E-state index in [9.17, 15) is 0 Å². The minimum Gasteiger partial charge on any atom is -0.382 e. The summed E-state index contributed by atoms with van der Waals surface area (Å²) in [6.45, 7) is 0. The van der Waals surface area contributed by atoms with Crippen LogP contribution in [-0.4, -0.2) is 17.0 Å². The number of nitrogens with one attached hydrogen (secondary N) is 1. The number of nitrogens with two attached hydrogens (primary N) is 1. The molecule has 82 valence electrons. The van der Waals surface area contributed by atoms with Gasteiger partial charge in [-0.25, -0.2) is 9.97 Å². The molecule has 0 spiro atoms. The lowest BCUT2D eigenvalue weighted by Gasteiger charge is -2.07. The fourth-order valence-electron chi connectivity index (χ4n) is 1.35. The Balaban J connectivity index is 2.55. The van der Waals surface area contributed by atoms with Crippen molar-refractivity contribution in [3.63, 3.8) is 0 Å². The molecule has 2 rings (SSSR count). The third kappa shape index (κ3) is 1.92. The molecule has 0 fully saturated rings. The zero-order chi connectivity index (χ0) is 11.5. The first-order valence-corrected chi connectivity index (χ1v) is 5.16. The van der Waals surface area contributed by atoms with Crippen LogP contribution in [0.5, 0.6) is 0 Å². The summed E-state index contributed by atoms with van der Waals surface area (Å²) in [6, 6.07) is 9.61. The van der Waals surface area contributed by atoms with Crippen LogP contribution in [0.25, 0.3) is 11.4 Å². The molecule has 0 amide bonds. The van der Waals surface area contributed by atoms with Gasteiger partial charge in [-0.2, -0.15) is 0 Å². The monoisotopic (exact) mass is 234 g/mol. The van der Waals surface area contributed by atoms with Gasteiger partial charge in [0.2, 0.25) is 0 Å². The zero-order valence-corrected chi connectivity index (χ0v) is 9.49. The molecular formula is C11H11ClN4. The predicted molar refractivity (Wildman–Crippen MR) is 66.4 cm³/mol. The summed E-state index contributed by atoms with van der Waals surface area (Å²) in [6.07, 6.45) is 0. The van der Waals surface area contributed by atoms with Gasteiger partial charge < -0.3 is 11.1 Å². The first kappa shape index (κ1) is 10.7. The Hall–Kier alpha value is -1.81. The van der Waals surface area contributed by atoms with E-state index in [2.05, 4.69) is 15.3 Å². The van der Waals surface area contributed by atoms with E-state index in [1.807, 2.05) is 30.3 Å². The summed E-state index contributed by atoms with van der Waals surface area (Å²) >= 11 is 5.94. The fourth-order valence-corrected chi connectivity index (χ4v) is 1.53. The maximum Gasteiger partial charge on any atom is 0.163 e. The first-order valence-electron chi connectivity index (χ1n) is 4.78. The normalized spacial score (nSPS) is 10.1. The van der Waals surface area contributed by atoms with Crippen LogP contribution >= 0.6 is 11.6 Å². The van der Waals surface area contributed by atoms with Gasteiger partial charge in [-0.05, 0) is 0 Å². The first-order chi connectivity index (χ1) is 7.72. The Morgan fingerprint density at radius 3 is 2.50 bits per heavy atom. The maximum absolute atomic E-state index is 5.94. The van der Waals surface area contributed by atoms with E-state index < -0.39 is 0 Å². The smallest absolute Gasteiger partial charge is 0.163 e. The van der Waals surface area contributed by atoms with Crippen molar-refractivity contribution in [3.05, 3.63) is 35.4 Å². The molecule has 16 heavy (non-hydrogen) atoms. The zero-order valence-electron chi connectivity index (χ0n) is 8.74. The SMILES string of the molecule is CNc1nc(-c2ccccc2)nc(N)c1Cl. The molecule has 3 N–H and O–H groups in total. The van der Waals surface area contributed by atoms with Gasteiger partial charge in [0.05, 0.1) is 0 Å². The molecule has 0 unspecified atom stereocenters. The van der Waals surface area contributed by atoms with Gasteiger partial charge in [-0.15, -0.1) is 0 Å². The Labute approximate surface area is 98.5 Å². The van der Waals surface area contributed by atoms with Crippen molar-refractivity contribution in [2.45, 2.75) is 0 Å². The molecule has 0 saturated carbocycles. The van der Waals surface area contributed by atoms with E-state index in [0.717, 1.165) is 5.56 Å². The Morgan fingerprint density at radius 2 is 1.88 bits per heavy atom. The number of benzene rings is 1. The van der Waals surface area contributed by atoms with Crippen molar-refractivity contribution in [2.24, 2.45) is 0 Å². The van der Waals surface area contributed by atoms with Gasteiger partial charge in [-0.3, -0.25) is 0 Å². The van der Waals surface area contributed by atoms with Gasteiger partial charge >= 0.3 is 0 Å². The molecule has 0 aliphatic carbocycles. The second-order valence-electron chi connectivity index (χ2n) is 3.21. The number of nitrogens with zero attached hydrogens (tertiary/aromatic N) is 2. The second kappa shape index (κ2) is 4.37. The van der Waals surface area contributed by atoms with Gasteiger partial charge in [0.1, 0.15) is 10.8 Å². The van der Waals surface area contributed by atoms with Crippen LogP contribution in [0.3, 0.4) is 0 Å². The summed E-state index contributed by atoms with van der Waals surface area (Å²) in [4.78, 5) is 8.43. The van der Waals surface area contributed by atoms with Crippen LogP contribution < -0.4 is 11.1 Å². The predicted octanol–water partition coefficient (Wildman–Crippen LogP) is 2.42. The summed E-state index contributed by atoms with van der Waals surface area (Å²) in [5, 5.41) is 3.23. The highest BCUT2D eigenvalue weighted by Crippen LogP contribution is 2.27. The third-order valence-corrected chi connectivity index (χ3v) is 2.52. The molecule has 2 aromatic rings. The average molecular weight is 235 g/mol. The standard InChI is InChI=1S/C11H11ClN4/c1-14-11-8(12)9(13)15-10(16-11)7-5-3-2-4-6-7/h2-6H,1H3,(H3,13,14,15,16). The summed E-state index contributed by atoms with van der Waals surface area (Å²) < 4.78 is 0. The molecule has 4 nitrogen and oxygen atoms in total. The van der Waals surface area contributed by atoms with Crippen molar-refractivity contribution in [1.29, 1.82) is 0 Å². The molecule has 0 bridgehead atoms. The quantitative estimate of drug-likeness (QED) is 0.838. The molecule has 0 saturated heterocycles. The van der Waals surface area contributed by atoms with Gasteiger partial charge in [0.15, 0.2) is 11.6 Å². The highest BCUT2D eigenvalue weighted by atomic mass is 35.5. The van der Waals surface area contributed by atoms with E-state index in [-0.39, 0.29) is 5.82 Å². The second-order valence-corrected chi connectivity index (χ2v) is 3.59. The molecule has 0 atom stereocenters. The van der Waals surface area contributed by atoms with Crippen LogP contribution in [0, 0.1) is 0 Å². The minimum atomic E-state index is 0.278.